The van der Waals surface area contributed by atoms with Crippen molar-refractivity contribution < 1.29 is 9.53 Å². The fourth-order valence-corrected chi connectivity index (χ4v) is 2.33. The summed E-state index contributed by atoms with van der Waals surface area (Å²) < 4.78 is 5.60. The highest BCUT2D eigenvalue weighted by atomic mass is 16.5. The number of hydrogen-bond acceptors (Lipinski definition) is 3. The van der Waals surface area contributed by atoms with Crippen LogP contribution in [-0.2, 0) is 6.54 Å². The molecule has 0 unspecified atom stereocenters. The third kappa shape index (κ3) is 3.86. The number of nitrogens with one attached hydrogen (secondary N) is 1. The van der Waals surface area contributed by atoms with Crippen LogP contribution in [0.25, 0.3) is 0 Å². The quantitative estimate of drug-likeness (QED) is 0.875. The van der Waals surface area contributed by atoms with Crippen molar-refractivity contribution in [3.63, 3.8) is 0 Å². The molecule has 2 aliphatic carbocycles. The van der Waals surface area contributed by atoms with E-state index in [2.05, 4.69) is 10.3 Å². The van der Waals surface area contributed by atoms with Crippen LogP contribution < -0.4 is 10.1 Å². The van der Waals surface area contributed by atoms with Crippen molar-refractivity contribution >= 4 is 6.03 Å². The van der Waals surface area contributed by atoms with Crippen molar-refractivity contribution in [2.45, 2.75) is 44.7 Å². The summed E-state index contributed by atoms with van der Waals surface area (Å²) in [5, 5.41) is 2.93. The zero-order chi connectivity index (χ0) is 14.7. The molecule has 0 saturated heterocycles. The van der Waals surface area contributed by atoms with E-state index in [-0.39, 0.29) is 6.03 Å². The van der Waals surface area contributed by atoms with E-state index in [1.165, 1.54) is 19.3 Å². The highest BCUT2D eigenvalue weighted by molar-refractivity contribution is 5.74. The second-order valence-electron chi connectivity index (χ2n) is 6.11. The molecule has 0 atom stereocenters. The van der Waals surface area contributed by atoms with Crippen LogP contribution >= 0.6 is 0 Å². The molecule has 0 spiro atoms. The van der Waals surface area contributed by atoms with E-state index in [0.717, 1.165) is 30.9 Å². The summed E-state index contributed by atoms with van der Waals surface area (Å²) in [6.45, 7) is 1.28. The molecule has 5 heteroatoms. The molecule has 114 valence electrons. The Morgan fingerprint density at radius 3 is 2.76 bits per heavy atom. The number of pyridine rings is 1. The van der Waals surface area contributed by atoms with E-state index in [0.29, 0.717) is 18.5 Å². The molecule has 21 heavy (non-hydrogen) atoms. The minimum Gasteiger partial charge on any atom is -0.477 e. The largest absolute Gasteiger partial charge is 0.477 e. The van der Waals surface area contributed by atoms with Crippen LogP contribution in [0, 0.1) is 5.92 Å². The van der Waals surface area contributed by atoms with Crippen LogP contribution in [0.1, 0.15) is 37.7 Å². The normalized spacial score (nSPS) is 18.0. The smallest absolute Gasteiger partial charge is 0.317 e. The average molecular weight is 289 g/mol. The van der Waals surface area contributed by atoms with Gasteiger partial charge in [-0.15, -0.1) is 0 Å². The van der Waals surface area contributed by atoms with Crippen molar-refractivity contribution in [3.8, 4) is 5.88 Å². The minimum atomic E-state index is -0.00578. The number of carbonyl (C=O) groups is 1. The first kappa shape index (κ1) is 14.2. The third-order valence-electron chi connectivity index (χ3n) is 4.35. The topological polar surface area (TPSA) is 54.5 Å². The fourth-order valence-electron chi connectivity index (χ4n) is 2.33. The Balaban J connectivity index is 1.42. The summed E-state index contributed by atoms with van der Waals surface area (Å²) in [6, 6.07) is 4.24. The second kappa shape index (κ2) is 6.33. The molecule has 0 bridgehead atoms. The lowest BCUT2D eigenvalue weighted by Crippen LogP contribution is -2.46. The van der Waals surface area contributed by atoms with Crippen LogP contribution in [0.5, 0.6) is 5.88 Å². The van der Waals surface area contributed by atoms with Gasteiger partial charge in [-0.1, -0.05) is 6.07 Å². The van der Waals surface area contributed by atoms with Crippen LogP contribution in [0.4, 0.5) is 4.79 Å². The Morgan fingerprint density at radius 2 is 2.19 bits per heavy atom. The zero-order valence-electron chi connectivity index (χ0n) is 12.5. The summed E-state index contributed by atoms with van der Waals surface area (Å²) in [5.41, 5.74) is 0.990. The highest BCUT2D eigenvalue weighted by Crippen LogP contribution is 2.29. The van der Waals surface area contributed by atoms with Crippen LogP contribution in [0.3, 0.4) is 0 Å². The van der Waals surface area contributed by atoms with Gasteiger partial charge in [0.25, 0.3) is 0 Å². The van der Waals surface area contributed by atoms with E-state index in [9.17, 15) is 4.79 Å². The summed E-state index contributed by atoms with van der Waals surface area (Å²) in [6.07, 6.45) is 7.80. The molecular formula is C16H23N3O2. The van der Waals surface area contributed by atoms with Crippen LogP contribution in [-0.4, -0.2) is 35.6 Å². The predicted molar refractivity (Wildman–Crippen MR) is 80.1 cm³/mol. The molecule has 2 saturated carbocycles. The Bertz CT molecular complexity index is 481. The van der Waals surface area contributed by atoms with Crippen LogP contribution in [0.2, 0.25) is 0 Å². The van der Waals surface area contributed by atoms with E-state index < -0.39 is 0 Å². The average Bonchev–Trinajstić information content (AvgIpc) is 3.26. The molecule has 1 aromatic rings. The maximum atomic E-state index is 12.0. The molecule has 1 aromatic heterocycles. The monoisotopic (exact) mass is 289 g/mol. The molecular weight excluding hydrogens is 266 g/mol. The Hall–Kier alpha value is -1.78. The molecule has 3 rings (SSSR count). The third-order valence-corrected chi connectivity index (χ3v) is 4.35. The number of urea groups is 1. The SMILES string of the molecule is CN(C(=O)NCc1ccc(OCC2CC2)nc1)C1CCC1. The minimum absolute atomic E-state index is 0.00578. The summed E-state index contributed by atoms with van der Waals surface area (Å²) >= 11 is 0. The molecule has 2 aliphatic rings. The molecule has 0 radical (unpaired) electrons. The van der Waals surface area contributed by atoms with Gasteiger partial charge in [-0.3, -0.25) is 0 Å². The zero-order valence-corrected chi connectivity index (χ0v) is 12.5. The molecule has 1 N–H and O–H groups in total. The Kier molecular flexibility index (Phi) is 4.27. The number of nitrogens with zero attached hydrogens (tertiary/aromatic N) is 2. The molecule has 0 aliphatic heterocycles. The maximum absolute atomic E-state index is 12.0. The van der Waals surface area contributed by atoms with Gasteiger partial charge >= 0.3 is 6.03 Å². The van der Waals surface area contributed by atoms with Gasteiger partial charge in [-0.25, -0.2) is 9.78 Å². The molecule has 0 aromatic carbocycles. The van der Waals surface area contributed by atoms with Gasteiger partial charge in [0.2, 0.25) is 5.88 Å². The number of carbonyl (C=O) groups excluding carboxylic acids is 1. The molecule has 5 nitrogen and oxygen atoms in total. The van der Waals surface area contributed by atoms with Crippen molar-refractivity contribution in [1.29, 1.82) is 0 Å². The summed E-state index contributed by atoms with van der Waals surface area (Å²) in [5.74, 6) is 1.40. The lowest BCUT2D eigenvalue weighted by molar-refractivity contribution is 0.157. The van der Waals surface area contributed by atoms with Gasteiger partial charge in [0, 0.05) is 31.9 Å². The Morgan fingerprint density at radius 1 is 1.38 bits per heavy atom. The van der Waals surface area contributed by atoms with Gasteiger partial charge in [-0.05, 0) is 43.6 Å². The van der Waals surface area contributed by atoms with Gasteiger partial charge in [0.05, 0.1) is 6.61 Å². The summed E-state index contributed by atoms with van der Waals surface area (Å²) in [7, 11) is 1.87. The van der Waals surface area contributed by atoms with Crippen LogP contribution in [0.15, 0.2) is 18.3 Å². The lowest BCUT2D eigenvalue weighted by atomic mass is 9.92. The van der Waals surface area contributed by atoms with Crippen molar-refractivity contribution in [2.24, 2.45) is 5.92 Å². The number of aromatic nitrogens is 1. The number of rotatable bonds is 6. The summed E-state index contributed by atoms with van der Waals surface area (Å²) in [4.78, 5) is 18.1. The first-order valence-corrected chi connectivity index (χ1v) is 7.81. The van der Waals surface area contributed by atoms with Gasteiger partial charge < -0.3 is 15.0 Å². The number of amides is 2. The van der Waals surface area contributed by atoms with Crippen molar-refractivity contribution in [1.82, 2.24) is 15.2 Å². The van der Waals surface area contributed by atoms with E-state index >= 15 is 0 Å². The number of hydrogen-bond donors (Lipinski definition) is 1. The van der Waals surface area contributed by atoms with Gasteiger partial charge in [0.1, 0.15) is 0 Å². The standard InChI is InChI=1S/C16H23N3O2/c1-19(14-3-2-4-14)16(20)18-10-13-7-8-15(17-9-13)21-11-12-5-6-12/h7-9,12,14H,2-6,10-11H2,1H3,(H,18,20). The lowest BCUT2D eigenvalue weighted by Gasteiger charge is -2.34. The van der Waals surface area contributed by atoms with E-state index in [4.69, 9.17) is 4.74 Å². The van der Waals surface area contributed by atoms with E-state index in [1.807, 2.05) is 24.1 Å². The molecule has 2 amide bonds. The second-order valence-corrected chi connectivity index (χ2v) is 6.11. The highest BCUT2D eigenvalue weighted by Gasteiger charge is 2.25. The van der Waals surface area contributed by atoms with Crippen molar-refractivity contribution in [3.05, 3.63) is 23.9 Å². The number of ether oxygens (including phenoxy) is 1. The molecule has 2 fully saturated rings. The predicted octanol–water partition coefficient (Wildman–Crippen LogP) is 2.56. The van der Waals surface area contributed by atoms with Gasteiger partial charge in [-0.2, -0.15) is 0 Å². The Labute approximate surface area is 125 Å². The van der Waals surface area contributed by atoms with Gasteiger partial charge in [0.15, 0.2) is 0 Å². The fraction of sp³-hybridized carbons (Fsp3) is 0.625. The first-order chi connectivity index (χ1) is 10.2. The molecule has 1 heterocycles. The maximum Gasteiger partial charge on any atom is 0.317 e. The first-order valence-electron chi connectivity index (χ1n) is 7.81. The van der Waals surface area contributed by atoms with Crippen molar-refractivity contribution in [2.75, 3.05) is 13.7 Å². The van der Waals surface area contributed by atoms with E-state index in [1.54, 1.807) is 6.20 Å².